The molecule has 0 saturated carbocycles. The van der Waals surface area contributed by atoms with Gasteiger partial charge in [-0.1, -0.05) is 13.3 Å². The number of anilines is 1. The van der Waals surface area contributed by atoms with Crippen LogP contribution >= 0.6 is 0 Å². The van der Waals surface area contributed by atoms with Crippen LogP contribution < -0.4 is 15.7 Å². The molecule has 0 saturated heterocycles. The fraction of sp³-hybridized carbons (Fsp3) is 0.200. The van der Waals surface area contributed by atoms with E-state index in [1.807, 2.05) is 6.92 Å². The van der Waals surface area contributed by atoms with Crippen LogP contribution in [0.15, 0.2) is 51.7 Å². The summed E-state index contributed by atoms with van der Waals surface area (Å²) in [5.74, 6) is -1.83. The molecule has 1 aromatic heterocycles. The third-order valence-corrected chi connectivity index (χ3v) is 3.84. The van der Waals surface area contributed by atoms with Crippen LogP contribution in [-0.2, 0) is 11.2 Å². The van der Waals surface area contributed by atoms with Gasteiger partial charge in [0.2, 0.25) is 0 Å². The van der Waals surface area contributed by atoms with Gasteiger partial charge in [-0.3, -0.25) is 4.79 Å². The number of aryl methyl sites for hydroxylation is 1. The summed E-state index contributed by atoms with van der Waals surface area (Å²) >= 11 is 0. The molecule has 0 atom stereocenters. The molecule has 27 heavy (non-hydrogen) atoms. The summed E-state index contributed by atoms with van der Waals surface area (Å²) in [5.41, 5.74) is 0.807. The molecule has 3 aromatic rings. The molecule has 1 amide bonds. The summed E-state index contributed by atoms with van der Waals surface area (Å²) in [5, 5.41) is 3.16. The quantitative estimate of drug-likeness (QED) is 0.662. The first kappa shape index (κ1) is 18.6. The van der Waals surface area contributed by atoms with Crippen LogP contribution in [0.1, 0.15) is 18.9 Å². The highest BCUT2D eigenvalue weighted by Crippen LogP contribution is 2.23. The summed E-state index contributed by atoms with van der Waals surface area (Å²) < 4.78 is 36.9. The molecule has 0 radical (unpaired) electrons. The molecule has 1 heterocycles. The highest BCUT2D eigenvalue weighted by atomic mass is 19.1. The molecule has 2 aromatic carbocycles. The van der Waals surface area contributed by atoms with E-state index >= 15 is 0 Å². The summed E-state index contributed by atoms with van der Waals surface area (Å²) in [4.78, 5) is 23.6. The molecule has 0 aliphatic rings. The fourth-order valence-corrected chi connectivity index (χ4v) is 2.75. The fourth-order valence-electron chi connectivity index (χ4n) is 2.75. The minimum Gasteiger partial charge on any atom is -0.484 e. The smallest absolute Gasteiger partial charge is 0.336 e. The SMILES string of the molecule is CCCc1cc(=O)oc2cc(OCC(=O)Nc3cc(F)cc(F)c3)ccc12. The van der Waals surface area contributed by atoms with Crippen molar-refractivity contribution in [2.45, 2.75) is 19.8 Å². The van der Waals surface area contributed by atoms with Crippen molar-refractivity contribution >= 4 is 22.6 Å². The lowest BCUT2D eigenvalue weighted by Gasteiger charge is -2.09. The van der Waals surface area contributed by atoms with Crippen molar-refractivity contribution in [1.82, 2.24) is 0 Å². The van der Waals surface area contributed by atoms with Gasteiger partial charge in [-0.15, -0.1) is 0 Å². The van der Waals surface area contributed by atoms with E-state index in [9.17, 15) is 18.4 Å². The number of nitrogens with one attached hydrogen (secondary N) is 1. The average molecular weight is 373 g/mol. The number of carbonyl (C=O) groups excluding carboxylic acids is 1. The highest BCUT2D eigenvalue weighted by molar-refractivity contribution is 5.92. The largest absolute Gasteiger partial charge is 0.484 e. The van der Waals surface area contributed by atoms with Crippen LogP contribution in [0.2, 0.25) is 0 Å². The Bertz CT molecular complexity index is 1030. The molecule has 5 nitrogen and oxygen atoms in total. The Kier molecular flexibility index (Phi) is 5.49. The van der Waals surface area contributed by atoms with Crippen molar-refractivity contribution in [2.24, 2.45) is 0 Å². The number of halogens is 2. The molecule has 0 spiro atoms. The first-order chi connectivity index (χ1) is 12.9. The van der Waals surface area contributed by atoms with Crippen LogP contribution in [0.4, 0.5) is 14.5 Å². The number of ether oxygens (including phenoxy) is 1. The first-order valence-electron chi connectivity index (χ1n) is 8.40. The molecule has 0 unspecified atom stereocenters. The number of hydrogen-bond acceptors (Lipinski definition) is 4. The maximum absolute atomic E-state index is 13.1. The van der Waals surface area contributed by atoms with Gasteiger partial charge in [0.1, 0.15) is 23.0 Å². The maximum atomic E-state index is 13.1. The van der Waals surface area contributed by atoms with Crippen LogP contribution in [0, 0.1) is 11.6 Å². The standard InChI is InChI=1S/C20H17F2NO4/c1-2-3-12-6-20(25)27-18-10-16(4-5-17(12)18)26-11-19(24)23-15-8-13(21)7-14(22)9-15/h4-10H,2-3,11H2,1H3,(H,23,24). The van der Waals surface area contributed by atoms with E-state index < -0.39 is 23.2 Å². The lowest BCUT2D eigenvalue weighted by atomic mass is 10.1. The Morgan fingerprint density at radius 1 is 1.11 bits per heavy atom. The molecule has 7 heteroatoms. The van der Waals surface area contributed by atoms with Gasteiger partial charge < -0.3 is 14.5 Å². The number of rotatable bonds is 6. The molecule has 0 fully saturated rings. The third-order valence-electron chi connectivity index (χ3n) is 3.84. The van der Waals surface area contributed by atoms with Crippen LogP contribution in [0.25, 0.3) is 11.0 Å². The zero-order chi connectivity index (χ0) is 19.4. The second kappa shape index (κ2) is 7.99. The van der Waals surface area contributed by atoms with Gasteiger partial charge in [-0.25, -0.2) is 13.6 Å². The molecule has 0 aliphatic carbocycles. The molecule has 0 aliphatic heterocycles. The lowest BCUT2D eigenvalue weighted by Crippen LogP contribution is -2.20. The van der Waals surface area contributed by atoms with Crippen LogP contribution in [-0.4, -0.2) is 12.5 Å². The van der Waals surface area contributed by atoms with E-state index in [4.69, 9.17) is 9.15 Å². The summed E-state index contributed by atoms with van der Waals surface area (Å²) in [7, 11) is 0. The van der Waals surface area contributed by atoms with Gasteiger partial charge in [-0.2, -0.15) is 0 Å². The van der Waals surface area contributed by atoms with Crippen molar-refractivity contribution in [3.05, 3.63) is 70.1 Å². The normalized spacial score (nSPS) is 10.8. The van der Waals surface area contributed by atoms with Crippen molar-refractivity contribution in [3.8, 4) is 5.75 Å². The van der Waals surface area contributed by atoms with Gasteiger partial charge in [0.15, 0.2) is 6.61 Å². The maximum Gasteiger partial charge on any atom is 0.336 e. The molecular formula is C20H17F2NO4. The van der Waals surface area contributed by atoms with Crippen LogP contribution in [0.3, 0.4) is 0 Å². The van der Waals surface area contributed by atoms with Gasteiger partial charge >= 0.3 is 5.63 Å². The number of fused-ring (bicyclic) bond motifs is 1. The molecule has 0 bridgehead atoms. The van der Waals surface area contributed by atoms with Crippen molar-refractivity contribution in [2.75, 3.05) is 11.9 Å². The topological polar surface area (TPSA) is 68.5 Å². The molecule has 1 N–H and O–H groups in total. The number of amides is 1. The number of benzene rings is 2. The lowest BCUT2D eigenvalue weighted by molar-refractivity contribution is -0.118. The van der Waals surface area contributed by atoms with E-state index in [1.165, 1.54) is 12.1 Å². The summed E-state index contributed by atoms with van der Waals surface area (Å²) in [6, 6.07) is 9.14. The molecule has 3 rings (SSSR count). The first-order valence-corrected chi connectivity index (χ1v) is 8.40. The summed E-state index contributed by atoms with van der Waals surface area (Å²) in [6.45, 7) is 1.64. The monoisotopic (exact) mass is 373 g/mol. The van der Waals surface area contributed by atoms with E-state index in [-0.39, 0.29) is 12.3 Å². The predicted molar refractivity (Wildman–Crippen MR) is 97.0 cm³/mol. The van der Waals surface area contributed by atoms with Gasteiger partial charge in [-0.05, 0) is 36.2 Å². The Morgan fingerprint density at radius 3 is 2.56 bits per heavy atom. The van der Waals surface area contributed by atoms with E-state index in [0.717, 1.165) is 35.9 Å². The van der Waals surface area contributed by atoms with Crippen LogP contribution in [0.5, 0.6) is 5.75 Å². The Hall–Kier alpha value is -3.22. The Balaban J connectivity index is 1.71. The molecular weight excluding hydrogens is 356 g/mol. The zero-order valence-electron chi connectivity index (χ0n) is 14.6. The van der Waals surface area contributed by atoms with E-state index in [0.29, 0.717) is 17.4 Å². The summed E-state index contributed by atoms with van der Waals surface area (Å²) in [6.07, 6.45) is 1.63. The predicted octanol–water partition coefficient (Wildman–Crippen LogP) is 4.04. The number of hydrogen-bond donors (Lipinski definition) is 1. The average Bonchev–Trinajstić information content (AvgIpc) is 2.59. The number of carbonyl (C=O) groups is 1. The van der Waals surface area contributed by atoms with Gasteiger partial charge in [0.05, 0.1) is 0 Å². The van der Waals surface area contributed by atoms with Gasteiger partial charge in [0, 0.05) is 29.3 Å². The second-order valence-electron chi connectivity index (χ2n) is 5.99. The Morgan fingerprint density at radius 2 is 1.85 bits per heavy atom. The van der Waals surface area contributed by atoms with Crippen molar-refractivity contribution in [1.29, 1.82) is 0 Å². The van der Waals surface area contributed by atoms with E-state index in [2.05, 4.69) is 5.32 Å². The van der Waals surface area contributed by atoms with Crippen molar-refractivity contribution in [3.63, 3.8) is 0 Å². The molecule has 140 valence electrons. The van der Waals surface area contributed by atoms with Gasteiger partial charge in [0.25, 0.3) is 5.91 Å². The Labute approximate surface area is 153 Å². The zero-order valence-corrected chi connectivity index (χ0v) is 14.6. The van der Waals surface area contributed by atoms with E-state index in [1.54, 1.807) is 12.1 Å². The van der Waals surface area contributed by atoms with Crippen molar-refractivity contribution < 1.29 is 22.7 Å². The minimum absolute atomic E-state index is 0.00480. The highest BCUT2D eigenvalue weighted by Gasteiger charge is 2.09. The second-order valence-corrected chi connectivity index (χ2v) is 5.99. The third kappa shape index (κ3) is 4.69. The minimum atomic E-state index is -0.793.